The third kappa shape index (κ3) is 3.08. The van der Waals surface area contributed by atoms with E-state index in [0.717, 1.165) is 37.4 Å². The van der Waals surface area contributed by atoms with E-state index >= 15 is 0 Å². The zero-order valence-electron chi connectivity index (χ0n) is 15.0. The van der Waals surface area contributed by atoms with E-state index in [0.29, 0.717) is 17.6 Å². The molecule has 24 heavy (non-hydrogen) atoms. The van der Waals surface area contributed by atoms with Gasteiger partial charge in [-0.1, -0.05) is 13.3 Å². The topological polar surface area (TPSA) is 36.9 Å². The molecule has 2 saturated carbocycles. The molecular weight excluding hydrogens is 433 g/mol. The molecule has 1 N–H and O–H groups in total. The highest BCUT2D eigenvalue weighted by atomic mass is 127. The fourth-order valence-corrected chi connectivity index (χ4v) is 6.32. The van der Waals surface area contributed by atoms with Crippen molar-refractivity contribution in [2.45, 2.75) is 63.3 Å². The van der Waals surface area contributed by atoms with Crippen molar-refractivity contribution in [3.63, 3.8) is 0 Å². The van der Waals surface area contributed by atoms with Crippen LogP contribution in [0.4, 0.5) is 0 Å². The first kappa shape index (κ1) is 19.1. The summed E-state index contributed by atoms with van der Waals surface area (Å²) in [5, 5.41) is 4.68. The predicted molar refractivity (Wildman–Crippen MR) is 113 cm³/mol. The summed E-state index contributed by atoms with van der Waals surface area (Å²) in [6.07, 6.45) is 7.10. The molecule has 0 aromatic carbocycles. The van der Waals surface area contributed by atoms with Crippen molar-refractivity contribution < 1.29 is 4.74 Å². The molecule has 2 aliphatic heterocycles. The van der Waals surface area contributed by atoms with Crippen LogP contribution in [0.2, 0.25) is 0 Å². The number of halogens is 1. The summed E-state index contributed by atoms with van der Waals surface area (Å²) >= 11 is 2.13. The second-order valence-electron chi connectivity index (χ2n) is 7.60. The molecule has 4 unspecified atom stereocenters. The third-order valence-corrected chi connectivity index (χ3v) is 7.89. The lowest BCUT2D eigenvalue weighted by Gasteiger charge is -2.63. The first-order valence-electron chi connectivity index (χ1n) is 9.57. The van der Waals surface area contributed by atoms with E-state index in [9.17, 15) is 0 Å². The smallest absolute Gasteiger partial charge is 0.194 e. The minimum absolute atomic E-state index is 0. The summed E-state index contributed by atoms with van der Waals surface area (Å²) in [5.74, 6) is 3.12. The molecule has 2 aliphatic carbocycles. The van der Waals surface area contributed by atoms with E-state index < -0.39 is 0 Å². The number of hydrogen-bond donors (Lipinski definition) is 1. The van der Waals surface area contributed by atoms with Crippen LogP contribution < -0.4 is 5.32 Å². The zero-order chi connectivity index (χ0) is 15.9. The summed E-state index contributed by atoms with van der Waals surface area (Å²) in [5.41, 5.74) is 0.435. The molecule has 1 spiro atoms. The summed E-state index contributed by atoms with van der Waals surface area (Å²) in [6.45, 7) is 8.58. The fourth-order valence-electron chi connectivity index (χ4n) is 5.14. The average Bonchev–Trinajstić information content (AvgIpc) is 2.95. The number of aliphatic imine (C=N–C) groups is 1. The Balaban J connectivity index is 0.00000169. The number of fused-ring (bicyclic) bond motifs is 2. The third-order valence-electron chi connectivity index (χ3n) is 6.52. The molecule has 0 amide bonds. The largest absolute Gasteiger partial charge is 0.377 e. The van der Waals surface area contributed by atoms with Crippen molar-refractivity contribution in [2.75, 3.05) is 32.0 Å². The Kier molecular flexibility index (Phi) is 6.29. The normalized spacial score (nSPS) is 37.2. The maximum atomic E-state index is 6.06. The lowest BCUT2D eigenvalue weighted by Crippen LogP contribution is -2.72. The fraction of sp³-hybridized carbons (Fsp3) is 0.944. The van der Waals surface area contributed by atoms with Gasteiger partial charge in [-0.15, -0.1) is 24.0 Å². The maximum Gasteiger partial charge on any atom is 0.194 e. The van der Waals surface area contributed by atoms with Gasteiger partial charge in [-0.05, 0) is 32.6 Å². The Morgan fingerprint density at radius 1 is 1.38 bits per heavy atom. The van der Waals surface area contributed by atoms with E-state index in [2.05, 4.69) is 35.8 Å². The number of thioether (sulfide) groups is 1. The molecule has 0 bridgehead atoms. The molecular formula is C18H32IN3OS. The van der Waals surface area contributed by atoms with Crippen LogP contribution in [0.5, 0.6) is 0 Å². The summed E-state index contributed by atoms with van der Waals surface area (Å²) in [4.78, 5) is 7.38. The van der Waals surface area contributed by atoms with Gasteiger partial charge in [-0.25, -0.2) is 0 Å². The zero-order valence-corrected chi connectivity index (χ0v) is 18.1. The lowest BCUT2D eigenvalue weighted by atomic mass is 9.46. The highest BCUT2D eigenvalue weighted by Gasteiger charge is 2.66. The molecule has 4 aliphatic rings. The number of hydrogen-bond acceptors (Lipinski definition) is 3. The van der Waals surface area contributed by atoms with Gasteiger partial charge < -0.3 is 15.0 Å². The maximum absolute atomic E-state index is 6.06. The molecule has 2 saturated heterocycles. The second kappa shape index (κ2) is 7.91. The van der Waals surface area contributed by atoms with Crippen LogP contribution in [0.1, 0.15) is 46.0 Å². The Morgan fingerprint density at radius 3 is 2.88 bits per heavy atom. The molecule has 4 nitrogen and oxygen atoms in total. The van der Waals surface area contributed by atoms with Crippen molar-refractivity contribution in [1.29, 1.82) is 0 Å². The van der Waals surface area contributed by atoms with Gasteiger partial charge in [0.1, 0.15) is 0 Å². The monoisotopic (exact) mass is 465 g/mol. The van der Waals surface area contributed by atoms with Crippen LogP contribution in [0, 0.1) is 11.3 Å². The van der Waals surface area contributed by atoms with Crippen LogP contribution in [0.15, 0.2) is 4.99 Å². The number of guanidine groups is 1. The van der Waals surface area contributed by atoms with E-state index in [4.69, 9.17) is 9.73 Å². The van der Waals surface area contributed by atoms with Crippen LogP contribution in [-0.2, 0) is 4.74 Å². The van der Waals surface area contributed by atoms with Crippen molar-refractivity contribution >= 4 is 41.7 Å². The van der Waals surface area contributed by atoms with Gasteiger partial charge in [0.05, 0.1) is 6.10 Å². The van der Waals surface area contributed by atoms with Gasteiger partial charge in [0.2, 0.25) is 0 Å². The van der Waals surface area contributed by atoms with Gasteiger partial charge in [0.15, 0.2) is 5.96 Å². The number of nitrogens with zero attached hydrogens (tertiary/aromatic N) is 2. The summed E-state index contributed by atoms with van der Waals surface area (Å²) < 4.78 is 6.06. The quantitative estimate of drug-likeness (QED) is 0.394. The molecule has 4 atom stereocenters. The molecule has 0 aromatic heterocycles. The predicted octanol–water partition coefficient (Wildman–Crippen LogP) is 3.35. The average molecular weight is 465 g/mol. The summed E-state index contributed by atoms with van der Waals surface area (Å²) in [6, 6.07) is 0.601. The van der Waals surface area contributed by atoms with Gasteiger partial charge in [-0.3, -0.25) is 4.99 Å². The lowest BCUT2D eigenvalue weighted by molar-refractivity contribution is -0.171. The van der Waals surface area contributed by atoms with E-state index in [-0.39, 0.29) is 24.0 Å². The number of rotatable bonds is 3. The standard InChI is InChI=1S/C18H31N3OS.HI/c1-3-13-12-21(9-11-23-13)17(19-4-2)20-15-14-6-10-22-16(14)18(15)7-5-8-18;/h13-16H,3-12H2,1-2H3,(H,19,20);1H. The van der Waals surface area contributed by atoms with E-state index in [1.807, 2.05) is 0 Å². The minimum Gasteiger partial charge on any atom is -0.377 e. The SMILES string of the molecule is CCN=C(NC1C2CCOC2C12CCC2)N1CCSC(CC)C1.I. The van der Waals surface area contributed by atoms with E-state index in [1.165, 1.54) is 43.8 Å². The van der Waals surface area contributed by atoms with Crippen LogP contribution >= 0.6 is 35.7 Å². The Labute approximate surface area is 168 Å². The second-order valence-corrected chi connectivity index (χ2v) is 9.01. The number of ether oxygens (including phenoxy) is 1. The first-order valence-corrected chi connectivity index (χ1v) is 10.6. The molecule has 6 heteroatoms. The summed E-state index contributed by atoms with van der Waals surface area (Å²) in [7, 11) is 0. The molecule has 0 aromatic rings. The van der Waals surface area contributed by atoms with Gasteiger partial charge in [-0.2, -0.15) is 11.8 Å². The van der Waals surface area contributed by atoms with Crippen molar-refractivity contribution in [3.8, 4) is 0 Å². The van der Waals surface area contributed by atoms with Gasteiger partial charge >= 0.3 is 0 Å². The Bertz CT molecular complexity index is 471. The van der Waals surface area contributed by atoms with Gasteiger partial charge in [0, 0.05) is 54.6 Å². The van der Waals surface area contributed by atoms with E-state index in [1.54, 1.807) is 0 Å². The molecule has 4 fully saturated rings. The first-order chi connectivity index (χ1) is 11.3. The van der Waals surface area contributed by atoms with Crippen LogP contribution in [0.25, 0.3) is 0 Å². The Morgan fingerprint density at radius 2 is 2.21 bits per heavy atom. The molecule has 138 valence electrons. The Hall–Kier alpha value is 0.310. The van der Waals surface area contributed by atoms with Crippen molar-refractivity contribution in [2.24, 2.45) is 16.3 Å². The minimum atomic E-state index is 0. The van der Waals surface area contributed by atoms with Crippen molar-refractivity contribution in [1.82, 2.24) is 10.2 Å². The van der Waals surface area contributed by atoms with Crippen LogP contribution in [0.3, 0.4) is 0 Å². The van der Waals surface area contributed by atoms with Crippen molar-refractivity contribution in [3.05, 3.63) is 0 Å². The molecule has 0 radical (unpaired) electrons. The molecule has 4 rings (SSSR count). The molecule has 2 heterocycles. The van der Waals surface area contributed by atoms with Gasteiger partial charge in [0.25, 0.3) is 0 Å². The highest BCUT2D eigenvalue weighted by Crippen LogP contribution is 2.62. The highest BCUT2D eigenvalue weighted by molar-refractivity contribution is 14.0. The number of nitrogens with one attached hydrogen (secondary N) is 1. The van der Waals surface area contributed by atoms with Crippen LogP contribution in [-0.4, -0.2) is 60.2 Å².